The Labute approximate surface area is 137 Å². The second kappa shape index (κ2) is 7.71. The van der Waals surface area contributed by atoms with Gasteiger partial charge in [0, 0.05) is 21.6 Å². The van der Waals surface area contributed by atoms with Crippen LogP contribution in [0.3, 0.4) is 0 Å². The van der Waals surface area contributed by atoms with Gasteiger partial charge in [0.2, 0.25) is 5.91 Å². The van der Waals surface area contributed by atoms with Gasteiger partial charge in [0.05, 0.1) is 5.69 Å². The van der Waals surface area contributed by atoms with E-state index < -0.39 is 5.91 Å². The molecule has 0 atom stereocenters. The van der Waals surface area contributed by atoms with Gasteiger partial charge in [-0.1, -0.05) is 35.4 Å². The third kappa shape index (κ3) is 4.06. The number of hydrogen-bond acceptors (Lipinski definition) is 4. The standard InChI is InChI=1S/C17H14N4O3/c1-11(22)13-7-8-15(20-16(23)10-19-21-18)14(9-13)17(24)12-5-3-2-4-6-12/h2-9H,10H2,1H3,(H,20,23). The number of carbonyl (C=O) groups is 3. The van der Waals surface area contributed by atoms with Crippen LogP contribution in [0.25, 0.3) is 10.4 Å². The molecule has 2 aromatic rings. The van der Waals surface area contributed by atoms with Crippen LogP contribution in [0.5, 0.6) is 0 Å². The van der Waals surface area contributed by atoms with Gasteiger partial charge in [-0.25, -0.2) is 0 Å². The fourth-order valence-electron chi connectivity index (χ4n) is 2.09. The highest BCUT2D eigenvalue weighted by molar-refractivity contribution is 6.15. The van der Waals surface area contributed by atoms with E-state index in [2.05, 4.69) is 15.3 Å². The summed E-state index contributed by atoms with van der Waals surface area (Å²) in [6, 6.07) is 13.0. The molecule has 7 heteroatoms. The van der Waals surface area contributed by atoms with Crippen molar-refractivity contribution >= 4 is 23.2 Å². The molecule has 0 aliphatic heterocycles. The SMILES string of the molecule is CC(=O)c1ccc(NC(=O)CN=[N+]=[N-])c(C(=O)c2ccccc2)c1. The second-order valence-electron chi connectivity index (χ2n) is 4.95. The van der Waals surface area contributed by atoms with Gasteiger partial charge < -0.3 is 5.32 Å². The molecular weight excluding hydrogens is 308 g/mol. The van der Waals surface area contributed by atoms with Crippen molar-refractivity contribution in [2.75, 3.05) is 11.9 Å². The number of Topliss-reactive ketones (excluding diaryl/α,β-unsaturated/α-hetero) is 1. The first-order valence-electron chi connectivity index (χ1n) is 7.08. The molecule has 2 rings (SSSR count). The van der Waals surface area contributed by atoms with Gasteiger partial charge >= 0.3 is 0 Å². The van der Waals surface area contributed by atoms with Gasteiger partial charge in [-0.2, -0.15) is 0 Å². The highest BCUT2D eigenvalue weighted by Crippen LogP contribution is 2.22. The van der Waals surface area contributed by atoms with E-state index >= 15 is 0 Å². The van der Waals surface area contributed by atoms with E-state index in [1.165, 1.54) is 25.1 Å². The summed E-state index contributed by atoms with van der Waals surface area (Å²) in [4.78, 5) is 38.5. The number of carbonyl (C=O) groups excluding carboxylic acids is 3. The summed E-state index contributed by atoms with van der Waals surface area (Å²) < 4.78 is 0. The van der Waals surface area contributed by atoms with Crippen molar-refractivity contribution in [2.24, 2.45) is 5.11 Å². The van der Waals surface area contributed by atoms with Crippen LogP contribution in [0, 0.1) is 0 Å². The van der Waals surface area contributed by atoms with E-state index in [1.54, 1.807) is 30.3 Å². The molecule has 0 saturated heterocycles. The Morgan fingerprint density at radius 1 is 1.08 bits per heavy atom. The van der Waals surface area contributed by atoms with Crippen LogP contribution in [0.4, 0.5) is 5.69 Å². The van der Waals surface area contributed by atoms with Crippen LogP contribution in [0.1, 0.15) is 33.2 Å². The Bertz CT molecular complexity index is 840. The number of azide groups is 1. The average Bonchev–Trinajstić information content (AvgIpc) is 2.60. The summed E-state index contributed by atoms with van der Waals surface area (Å²) in [7, 11) is 0. The van der Waals surface area contributed by atoms with Crippen molar-refractivity contribution < 1.29 is 14.4 Å². The summed E-state index contributed by atoms with van der Waals surface area (Å²) in [6.45, 7) is 1.01. The highest BCUT2D eigenvalue weighted by atomic mass is 16.2. The van der Waals surface area contributed by atoms with Gasteiger partial charge in [-0.15, -0.1) is 0 Å². The predicted molar refractivity (Wildman–Crippen MR) is 89.0 cm³/mol. The lowest BCUT2D eigenvalue weighted by Crippen LogP contribution is -2.17. The van der Waals surface area contributed by atoms with Crippen molar-refractivity contribution in [2.45, 2.75) is 6.92 Å². The van der Waals surface area contributed by atoms with E-state index in [-0.39, 0.29) is 29.4 Å². The van der Waals surface area contributed by atoms with Crippen molar-refractivity contribution in [3.05, 3.63) is 75.7 Å². The van der Waals surface area contributed by atoms with E-state index in [1.807, 2.05) is 0 Å². The minimum atomic E-state index is -0.550. The molecule has 120 valence electrons. The monoisotopic (exact) mass is 322 g/mol. The molecule has 0 unspecified atom stereocenters. The van der Waals surface area contributed by atoms with Crippen molar-refractivity contribution in [1.82, 2.24) is 0 Å². The molecule has 0 spiro atoms. The summed E-state index contributed by atoms with van der Waals surface area (Å²) in [5.74, 6) is -1.06. The van der Waals surface area contributed by atoms with Crippen LogP contribution in [-0.4, -0.2) is 24.0 Å². The van der Waals surface area contributed by atoms with Gasteiger partial charge in [-0.3, -0.25) is 14.4 Å². The molecule has 0 heterocycles. The summed E-state index contributed by atoms with van der Waals surface area (Å²) in [6.07, 6.45) is 0. The molecule has 0 aliphatic rings. The number of rotatable bonds is 6. The average molecular weight is 322 g/mol. The number of nitrogens with zero attached hydrogens (tertiary/aromatic N) is 3. The van der Waals surface area contributed by atoms with Crippen LogP contribution >= 0.6 is 0 Å². The summed E-state index contributed by atoms with van der Waals surface area (Å²) in [5.41, 5.74) is 9.51. The normalized spacial score (nSPS) is 9.71. The number of benzene rings is 2. The van der Waals surface area contributed by atoms with E-state index in [0.29, 0.717) is 11.1 Å². The molecule has 0 saturated carbocycles. The van der Waals surface area contributed by atoms with Crippen LogP contribution < -0.4 is 5.32 Å². The zero-order valence-electron chi connectivity index (χ0n) is 12.9. The zero-order valence-corrected chi connectivity index (χ0v) is 12.9. The maximum Gasteiger partial charge on any atom is 0.230 e. The third-order valence-electron chi connectivity index (χ3n) is 3.26. The molecule has 0 bridgehead atoms. The molecule has 0 radical (unpaired) electrons. The van der Waals surface area contributed by atoms with Gasteiger partial charge in [0.25, 0.3) is 0 Å². The van der Waals surface area contributed by atoms with Crippen molar-refractivity contribution in [3.63, 3.8) is 0 Å². The van der Waals surface area contributed by atoms with Gasteiger partial charge in [0.1, 0.15) is 6.54 Å². The molecule has 24 heavy (non-hydrogen) atoms. The second-order valence-corrected chi connectivity index (χ2v) is 4.95. The minimum absolute atomic E-state index is 0.191. The first kappa shape index (κ1) is 16.9. The van der Waals surface area contributed by atoms with Crippen LogP contribution in [0.2, 0.25) is 0 Å². The first-order chi connectivity index (χ1) is 11.5. The van der Waals surface area contributed by atoms with Crippen molar-refractivity contribution in [3.8, 4) is 0 Å². The highest BCUT2D eigenvalue weighted by Gasteiger charge is 2.17. The molecule has 0 aromatic heterocycles. The Kier molecular flexibility index (Phi) is 5.44. The number of anilines is 1. The Balaban J connectivity index is 2.43. The molecular formula is C17H14N4O3. The third-order valence-corrected chi connectivity index (χ3v) is 3.26. The lowest BCUT2D eigenvalue weighted by atomic mass is 9.98. The smallest absolute Gasteiger partial charge is 0.230 e. The molecule has 1 amide bonds. The maximum absolute atomic E-state index is 12.7. The summed E-state index contributed by atoms with van der Waals surface area (Å²) >= 11 is 0. The van der Waals surface area contributed by atoms with Gasteiger partial charge in [-0.05, 0) is 30.7 Å². The van der Waals surface area contributed by atoms with Crippen LogP contribution in [0.15, 0.2) is 53.6 Å². The topological polar surface area (TPSA) is 112 Å². The number of hydrogen-bond donors (Lipinski definition) is 1. The zero-order chi connectivity index (χ0) is 17.5. The lowest BCUT2D eigenvalue weighted by Gasteiger charge is -2.11. The molecule has 7 nitrogen and oxygen atoms in total. The summed E-state index contributed by atoms with van der Waals surface area (Å²) in [5, 5.41) is 5.70. The molecule has 0 aliphatic carbocycles. The largest absolute Gasteiger partial charge is 0.325 e. The maximum atomic E-state index is 12.7. The first-order valence-corrected chi connectivity index (χ1v) is 7.08. The number of amides is 1. The predicted octanol–water partition coefficient (Wildman–Crippen LogP) is 3.37. The van der Waals surface area contributed by atoms with Gasteiger partial charge in [0.15, 0.2) is 11.6 Å². The molecule has 2 aromatic carbocycles. The lowest BCUT2D eigenvalue weighted by molar-refractivity contribution is -0.114. The number of ketones is 2. The Morgan fingerprint density at radius 2 is 1.79 bits per heavy atom. The van der Waals surface area contributed by atoms with E-state index in [0.717, 1.165) is 0 Å². The Morgan fingerprint density at radius 3 is 2.42 bits per heavy atom. The van der Waals surface area contributed by atoms with Crippen LogP contribution in [-0.2, 0) is 4.79 Å². The van der Waals surface area contributed by atoms with Crippen molar-refractivity contribution in [1.29, 1.82) is 0 Å². The molecule has 1 N–H and O–H groups in total. The fourth-order valence-corrected chi connectivity index (χ4v) is 2.09. The quantitative estimate of drug-likeness (QED) is 0.381. The van der Waals surface area contributed by atoms with E-state index in [4.69, 9.17) is 5.53 Å². The molecule has 0 fully saturated rings. The minimum Gasteiger partial charge on any atom is -0.325 e. The Hall–Kier alpha value is -3.44. The fraction of sp³-hybridized carbons (Fsp3) is 0.118. The number of nitrogens with one attached hydrogen (secondary N) is 1. The van der Waals surface area contributed by atoms with E-state index in [9.17, 15) is 14.4 Å².